The van der Waals surface area contributed by atoms with E-state index in [0.29, 0.717) is 5.75 Å². The van der Waals surface area contributed by atoms with Gasteiger partial charge in [0.15, 0.2) is 0 Å². The molecular formula is C17H29NO2S. The van der Waals surface area contributed by atoms with Crippen molar-refractivity contribution in [2.45, 2.75) is 45.4 Å². The number of benzene rings is 1. The van der Waals surface area contributed by atoms with E-state index in [9.17, 15) is 8.42 Å². The fourth-order valence-electron chi connectivity index (χ4n) is 2.77. The van der Waals surface area contributed by atoms with Gasteiger partial charge in [-0.15, -0.1) is 0 Å². The molecule has 21 heavy (non-hydrogen) atoms. The quantitative estimate of drug-likeness (QED) is 0.722. The summed E-state index contributed by atoms with van der Waals surface area (Å²) in [6.07, 6.45) is 2.64. The summed E-state index contributed by atoms with van der Waals surface area (Å²) in [7, 11) is -2.87. The molecular weight excluding hydrogens is 282 g/mol. The van der Waals surface area contributed by atoms with Gasteiger partial charge in [0.1, 0.15) is 9.84 Å². The van der Waals surface area contributed by atoms with Crippen LogP contribution in [0.15, 0.2) is 30.3 Å². The van der Waals surface area contributed by atoms with Crippen molar-refractivity contribution in [1.82, 2.24) is 5.32 Å². The highest BCUT2D eigenvalue weighted by atomic mass is 32.2. The molecule has 0 heterocycles. The molecule has 3 nitrogen and oxygen atoms in total. The molecule has 0 saturated heterocycles. The molecule has 0 radical (unpaired) electrons. The first kappa shape index (κ1) is 18.2. The van der Waals surface area contributed by atoms with Crippen LogP contribution in [0.1, 0.15) is 45.6 Å². The predicted molar refractivity (Wildman–Crippen MR) is 90.5 cm³/mol. The van der Waals surface area contributed by atoms with Crippen molar-refractivity contribution < 1.29 is 8.42 Å². The third-order valence-corrected chi connectivity index (χ3v) is 6.12. The SMILES string of the molecule is CCNCC(CC)(CCCS(=O)(=O)CC)c1ccccc1. The van der Waals surface area contributed by atoms with E-state index >= 15 is 0 Å². The van der Waals surface area contributed by atoms with Crippen molar-refractivity contribution in [1.29, 1.82) is 0 Å². The van der Waals surface area contributed by atoms with Crippen LogP contribution in [0.4, 0.5) is 0 Å². The van der Waals surface area contributed by atoms with Gasteiger partial charge >= 0.3 is 0 Å². The largest absolute Gasteiger partial charge is 0.316 e. The maximum atomic E-state index is 11.7. The molecule has 0 aromatic heterocycles. The Balaban J connectivity index is 2.86. The lowest BCUT2D eigenvalue weighted by molar-refractivity contribution is 0.354. The molecule has 0 bridgehead atoms. The van der Waals surface area contributed by atoms with Crippen LogP contribution in [0.2, 0.25) is 0 Å². The summed E-state index contributed by atoms with van der Waals surface area (Å²) in [6.45, 7) is 7.85. The van der Waals surface area contributed by atoms with Crippen molar-refractivity contribution in [2.24, 2.45) is 0 Å². The van der Waals surface area contributed by atoms with Gasteiger partial charge in [-0.05, 0) is 31.4 Å². The lowest BCUT2D eigenvalue weighted by Crippen LogP contribution is -2.38. The van der Waals surface area contributed by atoms with E-state index in [4.69, 9.17) is 0 Å². The number of hydrogen-bond donors (Lipinski definition) is 1. The Morgan fingerprint density at radius 3 is 2.29 bits per heavy atom. The van der Waals surface area contributed by atoms with E-state index < -0.39 is 9.84 Å². The number of likely N-dealkylation sites (N-methyl/N-ethyl adjacent to an activating group) is 1. The lowest BCUT2D eigenvalue weighted by Gasteiger charge is -2.34. The van der Waals surface area contributed by atoms with E-state index in [0.717, 1.165) is 32.4 Å². The number of sulfone groups is 1. The van der Waals surface area contributed by atoms with Crippen LogP contribution in [0.25, 0.3) is 0 Å². The van der Waals surface area contributed by atoms with Gasteiger partial charge in [-0.1, -0.05) is 51.1 Å². The first-order valence-corrected chi connectivity index (χ1v) is 9.78. The molecule has 1 N–H and O–H groups in total. The number of hydrogen-bond acceptors (Lipinski definition) is 3. The third-order valence-electron chi connectivity index (χ3n) is 4.33. The molecule has 120 valence electrons. The Morgan fingerprint density at radius 1 is 1.10 bits per heavy atom. The molecule has 0 saturated carbocycles. The van der Waals surface area contributed by atoms with E-state index in [1.165, 1.54) is 5.56 Å². The predicted octanol–water partition coefficient (Wildman–Crippen LogP) is 3.16. The Labute approximate surface area is 130 Å². The van der Waals surface area contributed by atoms with Crippen LogP contribution in [-0.2, 0) is 15.3 Å². The third kappa shape index (κ3) is 5.44. The second kappa shape index (κ2) is 8.54. The molecule has 1 aromatic rings. The first-order chi connectivity index (χ1) is 9.99. The Hall–Kier alpha value is -0.870. The van der Waals surface area contributed by atoms with Gasteiger partial charge in [-0.25, -0.2) is 8.42 Å². The molecule has 0 spiro atoms. The normalized spacial score (nSPS) is 14.8. The van der Waals surface area contributed by atoms with Gasteiger partial charge < -0.3 is 5.32 Å². The molecule has 1 unspecified atom stereocenters. The summed E-state index contributed by atoms with van der Waals surface area (Å²) >= 11 is 0. The maximum Gasteiger partial charge on any atom is 0.150 e. The van der Waals surface area contributed by atoms with E-state index in [-0.39, 0.29) is 11.2 Å². The van der Waals surface area contributed by atoms with Crippen LogP contribution in [-0.4, -0.2) is 33.0 Å². The van der Waals surface area contributed by atoms with Crippen LogP contribution in [0.5, 0.6) is 0 Å². The van der Waals surface area contributed by atoms with Crippen molar-refractivity contribution in [3.05, 3.63) is 35.9 Å². The maximum absolute atomic E-state index is 11.7. The minimum Gasteiger partial charge on any atom is -0.316 e. The van der Waals surface area contributed by atoms with Gasteiger partial charge in [-0.3, -0.25) is 0 Å². The average molecular weight is 311 g/mol. The topological polar surface area (TPSA) is 46.2 Å². The fourth-order valence-corrected chi connectivity index (χ4v) is 3.64. The second-order valence-corrected chi connectivity index (χ2v) is 8.09. The van der Waals surface area contributed by atoms with Gasteiger partial charge in [0.25, 0.3) is 0 Å². The van der Waals surface area contributed by atoms with Crippen molar-refractivity contribution in [2.75, 3.05) is 24.6 Å². The molecule has 0 amide bonds. The Kier molecular flexibility index (Phi) is 7.40. The van der Waals surface area contributed by atoms with Gasteiger partial charge in [0, 0.05) is 17.7 Å². The average Bonchev–Trinajstić information content (AvgIpc) is 2.51. The summed E-state index contributed by atoms with van der Waals surface area (Å²) in [5, 5.41) is 3.45. The minimum atomic E-state index is -2.87. The van der Waals surface area contributed by atoms with Crippen molar-refractivity contribution in [3.8, 4) is 0 Å². The number of nitrogens with one attached hydrogen (secondary N) is 1. The van der Waals surface area contributed by atoms with Crippen LogP contribution >= 0.6 is 0 Å². The van der Waals surface area contributed by atoms with Crippen LogP contribution in [0.3, 0.4) is 0 Å². The Bertz CT molecular complexity index is 499. The van der Waals surface area contributed by atoms with E-state index in [2.05, 4.69) is 43.4 Å². The lowest BCUT2D eigenvalue weighted by atomic mass is 9.74. The summed E-state index contributed by atoms with van der Waals surface area (Å²) in [5.74, 6) is 0.537. The van der Waals surface area contributed by atoms with Gasteiger partial charge in [0.05, 0.1) is 5.75 Å². The molecule has 0 aliphatic heterocycles. The van der Waals surface area contributed by atoms with Crippen LogP contribution < -0.4 is 5.32 Å². The van der Waals surface area contributed by atoms with E-state index in [1.807, 2.05) is 6.07 Å². The van der Waals surface area contributed by atoms with Crippen molar-refractivity contribution >= 4 is 9.84 Å². The highest BCUT2D eigenvalue weighted by Crippen LogP contribution is 2.32. The molecule has 1 aromatic carbocycles. The molecule has 0 aliphatic rings. The zero-order valence-corrected chi connectivity index (χ0v) is 14.4. The highest BCUT2D eigenvalue weighted by molar-refractivity contribution is 7.91. The fraction of sp³-hybridized carbons (Fsp3) is 0.647. The summed E-state index contributed by atoms with van der Waals surface area (Å²) in [4.78, 5) is 0. The highest BCUT2D eigenvalue weighted by Gasteiger charge is 2.29. The zero-order chi connectivity index (χ0) is 15.8. The first-order valence-electron chi connectivity index (χ1n) is 7.96. The molecule has 1 atom stereocenters. The number of rotatable bonds is 10. The second-order valence-electron chi connectivity index (χ2n) is 5.62. The summed E-state index contributed by atoms with van der Waals surface area (Å²) in [5.41, 5.74) is 1.34. The smallest absolute Gasteiger partial charge is 0.150 e. The zero-order valence-electron chi connectivity index (χ0n) is 13.6. The summed E-state index contributed by atoms with van der Waals surface area (Å²) in [6, 6.07) is 10.5. The minimum absolute atomic E-state index is 0.0283. The van der Waals surface area contributed by atoms with Gasteiger partial charge in [0.2, 0.25) is 0 Å². The molecule has 0 aliphatic carbocycles. The molecule has 1 rings (SSSR count). The van der Waals surface area contributed by atoms with Crippen LogP contribution in [0, 0.1) is 0 Å². The summed E-state index contributed by atoms with van der Waals surface area (Å²) < 4.78 is 23.4. The molecule has 0 fully saturated rings. The standard InChI is InChI=1S/C17H29NO2S/c1-4-17(15-18-5-2,16-11-8-7-9-12-16)13-10-14-21(19,20)6-3/h7-9,11-12,18H,4-6,10,13-15H2,1-3H3. The Morgan fingerprint density at radius 2 is 1.76 bits per heavy atom. The van der Waals surface area contributed by atoms with Crippen molar-refractivity contribution in [3.63, 3.8) is 0 Å². The van der Waals surface area contributed by atoms with Gasteiger partial charge in [-0.2, -0.15) is 0 Å². The monoisotopic (exact) mass is 311 g/mol. The van der Waals surface area contributed by atoms with E-state index in [1.54, 1.807) is 6.92 Å². The molecule has 4 heteroatoms.